The number of carbonyl (C=O) groups excluding carboxylic acids is 1. The number of halogens is 2. The maximum Gasteiger partial charge on any atom is 0.255 e. The lowest BCUT2D eigenvalue weighted by Gasteiger charge is -2.08. The Morgan fingerprint density at radius 1 is 0.967 bits per heavy atom. The molecule has 30 heavy (non-hydrogen) atoms. The number of hydrogen-bond donors (Lipinski definition) is 1. The third-order valence-electron chi connectivity index (χ3n) is 5.05. The molecule has 3 nitrogen and oxygen atoms in total. The van der Waals surface area contributed by atoms with Crippen LogP contribution in [0.1, 0.15) is 27.9 Å². The van der Waals surface area contributed by atoms with E-state index in [4.69, 9.17) is 11.6 Å². The highest BCUT2D eigenvalue weighted by Gasteiger charge is 2.09. The summed E-state index contributed by atoms with van der Waals surface area (Å²) in [6.45, 7) is 0.912. The third kappa shape index (κ3) is 4.71. The zero-order valence-corrected chi connectivity index (χ0v) is 17.2. The maximum absolute atomic E-state index is 13.3. The Hall–Kier alpha value is -3.11. The number of benzene rings is 3. The first kappa shape index (κ1) is 20.2. The van der Waals surface area contributed by atoms with E-state index in [-0.39, 0.29) is 11.7 Å². The summed E-state index contributed by atoms with van der Waals surface area (Å²) >= 11 is 5.81. The molecule has 0 spiro atoms. The number of alkyl halides is 1. The standard InChI is InChI=1S/C25H22ClFN2O/c26-11-3-12-29-13-10-20-15-19(8-9-24(20)29)14-18-4-1-5-21(16-18)25(30)28-23-7-2-6-22(27)17-23/h1-2,4-10,13,15-17H,3,11-12,14H2,(H,28,30). The van der Waals surface area contributed by atoms with Crippen molar-refractivity contribution in [2.75, 3.05) is 11.2 Å². The number of aryl methyl sites for hydroxylation is 1. The van der Waals surface area contributed by atoms with Crippen molar-refractivity contribution in [2.24, 2.45) is 0 Å². The van der Waals surface area contributed by atoms with E-state index in [9.17, 15) is 9.18 Å². The lowest BCUT2D eigenvalue weighted by atomic mass is 10.0. The SMILES string of the molecule is O=C(Nc1cccc(F)c1)c1cccc(Cc2ccc3c(ccn3CCCCl)c2)c1. The molecule has 0 aliphatic carbocycles. The van der Waals surface area contributed by atoms with Gasteiger partial charge in [0.05, 0.1) is 0 Å². The van der Waals surface area contributed by atoms with Crippen molar-refractivity contribution in [1.29, 1.82) is 0 Å². The minimum Gasteiger partial charge on any atom is -0.347 e. The van der Waals surface area contributed by atoms with Gasteiger partial charge in [0.25, 0.3) is 5.91 Å². The zero-order valence-electron chi connectivity index (χ0n) is 16.4. The van der Waals surface area contributed by atoms with E-state index in [2.05, 4.69) is 40.3 Å². The van der Waals surface area contributed by atoms with Crippen LogP contribution >= 0.6 is 11.6 Å². The molecule has 3 aromatic carbocycles. The highest BCUT2D eigenvalue weighted by molar-refractivity contribution is 6.17. The van der Waals surface area contributed by atoms with Crippen molar-refractivity contribution in [2.45, 2.75) is 19.4 Å². The second-order valence-corrected chi connectivity index (χ2v) is 7.66. The van der Waals surface area contributed by atoms with E-state index in [1.807, 2.05) is 18.2 Å². The normalized spacial score (nSPS) is 11.0. The van der Waals surface area contributed by atoms with Crippen LogP contribution in [0.25, 0.3) is 10.9 Å². The molecule has 1 heterocycles. The number of fused-ring (bicyclic) bond motifs is 1. The molecule has 0 radical (unpaired) electrons. The minimum atomic E-state index is -0.381. The fourth-order valence-corrected chi connectivity index (χ4v) is 3.73. The summed E-state index contributed by atoms with van der Waals surface area (Å²) in [5, 5.41) is 3.94. The van der Waals surface area contributed by atoms with E-state index in [1.165, 1.54) is 28.6 Å². The molecular weight excluding hydrogens is 399 g/mol. The molecule has 0 saturated carbocycles. The summed E-state index contributed by atoms with van der Waals surface area (Å²) in [7, 11) is 0. The number of nitrogens with zero attached hydrogens (tertiary/aromatic N) is 1. The summed E-state index contributed by atoms with van der Waals surface area (Å²) in [4.78, 5) is 12.5. The van der Waals surface area contributed by atoms with Crippen LogP contribution in [0.15, 0.2) is 79.0 Å². The van der Waals surface area contributed by atoms with E-state index in [0.717, 1.165) is 24.9 Å². The molecule has 4 aromatic rings. The van der Waals surface area contributed by atoms with Gasteiger partial charge in [0.2, 0.25) is 0 Å². The van der Waals surface area contributed by atoms with Crippen molar-refractivity contribution in [1.82, 2.24) is 4.57 Å². The number of amides is 1. The number of anilines is 1. The summed E-state index contributed by atoms with van der Waals surface area (Å²) in [6.07, 6.45) is 3.76. The quantitative estimate of drug-likeness (QED) is 0.352. The van der Waals surface area contributed by atoms with Gasteiger partial charge in [0, 0.05) is 35.4 Å². The summed E-state index contributed by atoms with van der Waals surface area (Å²) in [6, 6.07) is 22.0. The number of aromatic nitrogens is 1. The van der Waals surface area contributed by atoms with E-state index >= 15 is 0 Å². The van der Waals surface area contributed by atoms with Crippen molar-refractivity contribution in [3.63, 3.8) is 0 Å². The Morgan fingerprint density at radius 2 is 1.80 bits per heavy atom. The van der Waals surface area contributed by atoms with Gasteiger partial charge in [-0.2, -0.15) is 0 Å². The lowest BCUT2D eigenvalue weighted by molar-refractivity contribution is 0.102. The first-order valence-electron chi connectivity index (χ1n) is 9.92. The molecule has 0 unspecified atom stereocenters. The molecule has 0 fully saturated rings. The summed E-state index contributed by atoms with van der Waals surface area (Å²) in [5.74, 6) is 0.0173. The van der Waals surface area contributed by atoms with Gasteiger partial charge in [0.15, 0.2) is 0 Å². The molecule has 0 aliphatic heterocycles. The monoisotopic (exact) mass is 420 g/mol. The molecule has 0 aliphatic rings. The van der Waals surface area contributed by atoms with Crippen molar-refractivity contribution in [3.05, 3.63) is 102 Å². The van der Waals surface area contributed by atoms with Crippen molar-refractivity contribution < 1.29 is 9.18 Å². The van der Waals surface area contributed by atoms with E-state index in [0.29, 0.717) is 17.1 Å². The Bertz CT molecular complexity index is 1180. The molecule has 5 heteroatoms. The number of hydrogen-bond acceptors (Lipinski definition) is 1. The lowest BCUT2D eigenvalue weighted by Crippen LogP contribution is -2.12. The second-order valence-electron chi connectivity index (χ2n) is 7.29. The van der Waals surface area contributed by atoms with Gasteiger partial charge in [-0.1, -0.05) is 24.3 Å². The van der Waals surface area contributed by atoms with Crippen LogP contribution in [0.2, 0.25) is 0 Å². The first-order valence-corrected chi connectivity index (χ1v) is 10.5. The predicted octanol–water partition coefficient (Wildman–Crippen LogP) is 6.25. The second kappa shape index (κ2) is 9.14. The van der Waals surface area contributed by atoms with Crippen LogP contribution in [-0.2, 0) is 13.0 Å². The third-order valence-corrected chi connectivity index (χ3v) is 5.32. The first-order chi connectivity index (χ1) is 14.6. The Kier molecular flexibility index (Phi) is 6.15. The van der Waals surface area contributed by atoms with Gasteiger partial charge in [-0.25, -0.2) is 4.39 Å². The topological polar surface area (TPSA) is 34.0 Å². The number of carbonyl (C=O) groups is 1. The molecular formula is C25H22ClFN2O. The van der Waals surface area contributed by atoms with Crippen LogP contribution in [0.3, 0.4) is 0 Å². The van der Waals surface area contributed by atoms with Crippen LogP contribution in [0.5, 0.6) is 0 Å². The summed E-state index contributed by atoms with van der Waals surface area (Å²) < 4.78 is 15.6. The highest BCUT2D eigenvalue weighted by Crippen LogP contribution is 2.21. The number of rotatable bonds is 7. The fourth-order valence-electron chi connectivity index (χ4n) is 3.61. The largest absolute Gasteiger partial charge is 0.347 e. The smallest absolute Gasteiger partial charge is 0.255 e. The van der Waals surface area contributed by atoms with Crippen LogP contribution in [-0.4, -0.2) is 16.4 Å². The fraction of sp³-hybridized carbons (Fsp3) is 0.160. The van der Waals surface area contributed by atoms with Crippen LogP contribution in [0.4, 0.5) is 10.1 Å². The predicted molar refractivity (Wildman–Crippen MR) is 121 cm³/mol. The van der Waals surface area contributed by atoms with Gasteiger partial charge < -0.3 is 9.88 Å². The molecule has 4 rings (SSSR count). The van der Waals surface area contributed by atoms with Crippen molar-refractivity contribution in [3.8, 4) is 0 Å². The highest BCUT2D eigenvalue weighted by atomic mass is 35.5. The van der Waals surface area contributed by atoms with E-state index in [1.54, 1.807) is 18.2 Å². The Labute approximate surface area is 180 Å². The van der Waals surface area contributed by atoms with Crippen LogP contribution < -0.4 is 5.32 Å². The van der Waals surface area contributed by atoms with Gasteiger partial charge in [0.1, 0.15) is 5.82 Å². The zero-order chi connectivity index (χ0) is 20.9. The molecule has 1 amide bonds. The van der Waals surface area contributed by atoms with Crippen molar-refractivity contribution >= 4 is 34.1 Å². The van der Waals surface area contributed by atoms with Gasteiger partial charge >= 0.3 is 0 Å². The molecule has 152 valence electrons. The average Bonchev–Trinajstić information content (AvgIpc) is 3.14. The Balaban J connectivity index is 1.49. The molecule has 0 bridgehead atoms. The molecule has 1 N–H and O–H groups in total. The number of nitrogens with one attached hydrogen (secondary N) is 1. The van der Waals surface area contributed by atoms with Crippen LogP contribution in [0, 0.1) is 5.82 Å². The average molecular weight is 421 g/mol. The molecule has 0 atom stereocenters. The van der Waals surface area contributed by atoms with E-state index < -0.39 is 0 Å². The minimum absolute atomic E-state index is 0.255. The molecule has 0 saturated heterocycles. The van der Waals surface area contributed by atoms with Gasteiger partial charge in [-0.05, 0) is 77.9 Å². The van der Waals surface area contributed by atoms with Gasteiger partial charge in [-0.3, -0.25) is 4.79 Å². The maximum atomic E-state index is 13.3. The Morgan fingerprint density at radius 3 is 2.63 bits per heavy atom. The summed E-state index contributed by atoms with van der Waals surface area (Å²) in [5.41, 5.74) is 4.41. The van der Waals surface area contributed by atoms with Gasteiger partial charge in [-0.15, -0.1) is 11.6 Å². The molecule has 1 aromatic heterocycles.